The van der Waals surface area contributed by atoms with Crippen molar-refractivity contribution in [3.05, 3.63) is 94.8 Å². The van der Waals surface area contributed by atoms with Crippen LogP contribution in [-0.4, -0.2) is 32.2 Å². The minimum atomic E-state index is -0.343. The van der Waals surface area contributed by atoms with Gasteiger partial charge in [-0.15, -0.1) is 0 Å². The Morgan fingerprint density at radius 3 is 2.84 bits per heavy atom. The van der Waals surface area contributed by atoms with Crippen molar-refractivity contribution in [2.45, 2.75) is 46.9 Å². The highest BCUT2D eigenvalue weighted by Gasteiger charge is 2.35. The number of nitrogens with zero attached hydrogens (tertiary/aromatic N) is 3. The second kappa shape index (κ2) is 11.5. The number of fused-ring (bicyclic) bond motifs is 1. The van der Waals surface area contributed by atoms with Crippen LogP contribution in [0.1, 0.15) is 50.3 Å². The molecule has 1 unspecified atom stereocenters. The number of anilines is 1. The molecule has 4 rings (SSSR count). The zero-order valence-corrected chi connectivity index (χ0v) is 23.0. The molecule has 2 heterocycles. The van der Waals surface area contributed by atoms with Gasteiger partial charge in [-0.1, -0.05) is 51.9 Å². The van der Waals surface area contributed by atoms with Gasteiger partial charge < -0.3 is 15.1 Å². The minimum absolute atomic E-state index is 0.0798. The predicted octanol–water partition coefficient (Wildman–Crippen LogP) is 5.48. The second-order valence-electron chi connectivity index (χ2n) is 10.6. The highest BCUT2D eigenvalue weighted by Crippen LogP contribution is 2.37. The first-order chi connectivity index (χ1) is 18.2. The van der Waals surface area contributed by atoms with Crippen molar-refractivity contribution < 1.29 is 8.78 Å². The Bertz CT molecular complexity index is 1430. The summed E-state index contributed by atoms with van der Waals surface area (Å²) in [5, 5.41) is 4.48. The highest BCUT2D eigenvalue weighted by atomic mass is 19.1. The minimum Gasteiger partial charge on any atom is -0.391 e. The standard InChI is InChI=1S/C31H37BF2N4/c1-7-23-10-9-11-26(33)28(23)22(4)36-15-12-21(3)24-18-27(34)29-25(19-32(6)37-29)30(24)38-17-14-31(5,20-38)13-16-35-8-2/h8-12,15,18-19,35H,2-3,7,13-14,16-17,20H2,1,4-6H3/b15-12-,36-22?. The first-order valence-corrected chi connectivity index (χ1v) is 13.4. The maximum Gasteiger partial charge on any atom is 0.302 e. The summed E-state index contributed by atoms with van der Waals surface area (Å²) >= 11 is 0. The number of allylic oxidation sites excluding steroid dienone is 2. The molecule has 2 aliphatic heterocycles. The lowest BCUT2D eigenvalue weighted by molar-refractivity contribution is 0.337. The molecule has 0 radical (unpaired) electrons. The molecule has 2 aromatic rings. The van der Waals surface area contributed by atoms with Gasteiger partial charge in [0.05, 0.1) is 11.0 Å². The molecule has 4 nitrogen and oxygen atoms in total. The van der Waals surface area contributed by atoms with Crippen LogP contribution >= 0.6 is 0 Å². The van der Waals surface area contributed by atoms with Crippen molar-refractivity contribution in [3.63, 3.8) is 0 Å². The summed E-state index contributed by atoms with van der Waals surface area (Å²) in [7, 11) is 0. The van der Waals surface area contributed by atoms with Gasteiger partial charge in [0.2, 0.25) is 0 Å². The van der Waals surface area contributed by atoms with E-state index in [4.69, 9.17) is 0 Å². The number of rotatable bonds is 10. The Balaban J connectivity index is 1.68. The summed E-state index contributed by atoms with van der Waals surface area (Å²) < 4.78 is 29.8. The van der Waals surface area contributed by atoms with Gasteiger partial charge in [0.15, 0.2) is 0 Å². The van der Waals surface area contributed by atoms with E-state index in [1.54, 1.807) is 37.5 Å². The largest absolute Gasteiger partial charge is 0.391 e. The second-order valence-corrected chi connectivity index (χ2v) is 10.6. The molecule has 1 atom stereocenters. The zero-order chi connectivity index (χ0) is 27.4. The fraction of sp³-hybridized carbons (Fsp3) is 0.355. The third-order valence-electron chi connectivity index (χ3n) is 7.63. The van der Waals surface area contributed by atoms with Crippen molar-refractivity contribution in [2.24, 2.45) is 15.3 Å². The maximum absolute atomic E-state index is 15.2. The first-order valence-electron chi connectivity index (χ1n) is 13.4. The summed E-state index contributed by atoms with van der Waals surface area (Å²) in [5.74, 6) is 1.41. The van der Waals surface area contributed by atoms with Crippen LogP contribution in [0.3, 0.4) is 0 Å². The molecule has 7 heteroatoms. The molecule has 2 aromatic carbocycles. The molecule has 1 fully saturated rings. The predicted molar refractivity (Wildman–Crippen MR) is 157 cm³/mol. The molecule has 1 saturated heterocycles. The zero-order valence-electron chi connectivity index (χ0n) is 23.0. The molecule has 0 amide bonds. The summed E-state index contributed by atoms with van der Waals surface area (Å²) in [4.78, 5) is 11.4. The van der Waals surface area contributed by atoms with Gasteiger partial charge in [-0.25, -0.2) is 8.78 Å². The van der Waals surface area contributed by atoms with Crippen LogP contribution in [-0.2, 0) is 6.42 Å². The average molecular weight is 514 g/mol. The van der Waals surface area contributed by atoms with Gasteiger partial charge in [-0.3, -0.25) is 4.99 Å². The van der Waals surface area contributed by atoms with E-state index in [-0.39, 0.29) is 23.9 Å². The van der Waals surface area contributed by atoms with Gasteiger partial charge in [0, 0.05) is 47.9 Å². The Morgan fingerprint density at radius 2 is 2.11 bits per heavy atom. The van der Waals surface area contributed by atoms with Crippen LogP contribution in [0.5, 0.6) is 0 Å². The maximum atomic E-state index is 15.2. The van der Waals surface area contributed by atoms with Gasteiger partial charge in [-0.05, 0) is 67.1 Å². The van der Waals surface area contributed by atoms with E-state index in [0.717, 1.165) is 54.5 Å². The molecule has 0 spiro atoms. The number of benzene rings is 2. The SMILES string of the molecule is C=CNCCC1(C)CCN(c2c(C(=C)/C=C\N=C(C)c3c(F)cccc3CC)cc(F)c3c2=CB(C)N=3)C1. The van der Waals surface area contributed by atoms with E-state index >= 15 is 4.39 Å². The van der Waals surface area contributed by atoms with E-state index < -0.39 is 0 Å². The van der Waals surface area contributed by atoms with Crippen LogP contribution in [0.4, 0.5) is 14.5 Å². The van der Waals surface area contributed by atoms with E-state index in [1.165, 1.54) is 6.07 Å². The van der Waals surface area contributed by atoms with Crippen LogP contribution < -0.4 is 20.8 Å². The van der Waals surface area contributed by atoms with Gasteiger partial charge in [0.1, 0.15) is 11.6 Å². The van der Waals surface area contributed by atoms with Crippen LogP contribution in [0, 0.1) is 17.0 Å². The fourth-order valence-electron chi connectivity index (χ4n) is 5.56. The fourth-order valence-corrected chi connectivity index (χ4v) is 5.56. The topological polar surface area (TPSA) is 40.0 Å². The number of hydrogen-bond donors (Lipinski definition) is 1. The van der Waals surface area contributed by atoms with Crippen molar-refractivity contribution in [3.8, 4) is 0 Å². The molecule has 0 saturated carbocycles. The third-order valence-corrected chi connectivity index (χ3v) is 7.63. The van der Waals surface area contributed by atoms with E-state index in [2.05, 4.69) is 40.2 Å². The molecule has 1 N–H and O–H groups in total. The first kappa shape index (κ1) is 27.6. The summed E-state index contributed by atoms with van der Waals surface area (Å²) in [5.41, 5.74) is 4.53. The van der Waals surface area contributed by atoms with Gasteiger partial charge in [-0.2, -0.15) is 0 Å². The lowest BCUT2D eigenvalue weighted by atomic mass is 9.67. The lowest BCUT2D eigenvalue weighted by Crippen LogP contribution is -2.37. The number of hydrogen-bond acceptors (Lipinski definition) is 4. The summed E-state index contributed by atoms with van der Waals surface area (Å²) in [6, 6.07) is 6.64. The molecule has 0 aliphatic carbocycles. The molecule has 198 valence electrons. The van der Waals surface area contributed by atoms with Crippen molar-refractivity contribution >= 4 is 29.8 Å². The normalized spacial score (nSPS) is 18.9. The number of aliphatic imine (C=N–C) groups is 1. The third kappa shape index (κ3) is 5.67. The van der Waals surface area contributed by atoms with E-state index in [9.17, 15) is 4.39 Å². The van der Waals surface area contributed by atoms with E-state index in [1.807, 2.05) is 25.8 Å². The number of nitrogens with one attached hydrogen (secondary N) is 1. The Hall–Kier alpha value is -3.48. The number of halogens is 2. The molecule has 2 aliphatic rings. The Labute approximate surface area is 225 Å². The van der Waals surface area contributed by atoms with Crippen molar-refractivity contribution in [1.29, 1.82) is 0 Å². The van der Waals surface area contributed by atoms with Crippen LogP contribution in [0.15, 0.2) is 65.8 Å². The van der Waals surface area contributed by atoms with Crippen LogP contribution in [0.2, 0.25) is 6.82 Å². The van der Waals surface area contributed by atoms with Crippen molar-refractivity contribution in [2.75, 3.05) is 24.5 Å². The van der Waals surface area contributed by atoms with Gasteiger partial charge in [0.25, 0.3) is 0 Å². The smallest absolute Gasteiger partial charge is 0.302 e. The monoisotopic (exact) mass is 514 g/mol. The molecule has 0 aromatic heterocycles. The van der Waals surface area contributed by atoms with Crippen LogP contribution in [0.25, 0.3) is 11.5 Å². The average Bonchev–Trinajstić information content (AvgIpc) is 3.46. The van der Waals surface area contributed by atoms with Gasteiger partial charge >= 0.3 is 6.85 Å². The molecular formula is C31H37BF2N4. The Kier molecular flexibility index (Phi) is 8.34. The molecule has 38 heavy (non-hydrogen) atoms. The number of aryl methyl sites for hydroxylation is 1. The van der Waals surface area contributed by atoms with E-state index in [0.29, 0.717) is 28.6 Å². The summed E-state index contributed by atoms with van der Waals surface area (Å²) in [6.07, 6.45) is 7.91. The quantitative estimate of drug-likeness (QED) is 0.198. The highest BCUT2D eigenvalue weighted by molar-refractivity contribution is 6.70. The van der Waals surface area contributed by atoms with Crippen molar-refractivity contribution in [1.82, 2.24) is 5.32 Å². The Morgan fingerprint density at radius 1 is 1.32 bits per heavy atom. The lowest BCUT2D eigenvalue weighted by Gasteiger charge is -2.27. The molecular weight excluding hydrogens is 477 g/mol. The molecule has 0 bridgehead atoms. The summed E-state index contributed by atoms with van der Waals surface area (Å²) in [6.45, 7) is 18.6.